The largest absolute Gasteiger partial charge is 0.268 e. The van der Waals surface area contributed by atoms with E-state index in [9.17, 15) is 8.42 Å². The van der Waals surface area contributed by atoms with E-state index in [1.807, 2.05) is 19.2 Å². The van der Waals surface area contributed by atoms with Crippen molar-refractivity contribution >= 4 is 10.0 Å². The van der Waals surface area contributed by atoms with Gasteiger partial charge < -0.3 is 0 Å². The summed E-state index contributed by atoms with van der Waals surface area (Å²) in [7, 11) is -0.329. The van der Waals surface area contributed by atoms with E-state index in [1.54, 1.807) is 29.1 Å². The lowest BCUT2D eigenvalue weighted by molar-refractivity contribution is 0.520. The third-order valence-electron chi connectivity index (χ3n) is 2.78. The van der Waals surface area contributed by atoms with E-state index in [2.05, 4.69) is 5.10 Å². The molecule has 0 bridgehead atoms. The van der Waals surface area contributed by atoms with Crippen molar-refractivity contribution in [3.05, 3.63) is 47.8 Å². The second kappa shape index (κ2) is 5.14. The molecule has 0 amide bonds. The molecule has 5 nitrogen and oxygen atoms in total. The zero-order valence-corrected chi connectivity index (χ0v) is 12.1. The summed E-state index contributed by atoms with van der Waals surface area (Å²) in [6, 6.07) is 6.94. The molecule has 1 aromatic carbocycles. The second-order valence-electron chi connectivity index (χ2n) is 4.65. The number of benzene rings is 1. The van der Waals surface area contributed by atoms with Crippen LogP contribution in [0, 0.1) is 6.92 Å². The van der Waals surface area contributed by atoms with Crippen molar-refractivity contribution in [1.82, 2.24) is 14.1 Å². The van der Waals surface area contributed by atoms with Gasteiger partial charge in [0.05, 0.1) is 17.6 Å². The molecular formula is C13H17N3O2S. The quantitative estimate of drug-likeness (QED) is 0.852. The van der Waals surface area contributed by atoms with Gasteiger partial charge in [-0.1, -0.05) is 12.1 Å². The molecule has 0 aliphatic rings. The average Bonchev–Trinajstić information content (AvgIpc) is 2.75. The Bertz CT molecular complexity index is 675. The molecule has 0 radical (unpaired) electrons. The third-order valence-corrected chi connectivity index (χ3v) is 4.60. The Morgan fingerprint density at radius 3 is 2.63 bits per heavy atom. The van der Waals surface area contributed by atoms with Gasteiger partial charge in [-0.05, 0) is 30.2 Å². The van der Waals surface area contributed by atoms with Gasteiger partial charge in [-0.25, -0.2) is 12.7 Å². The molecule has 2 aromatic rings. The first-order valence-corrected chi connectivity index (χ1v) is 7.34. The highest BCUT2D eigenvalue weighted by molar-refractivity contribution is 7.89. The highest BCUT2D eigenvalue weighted by atomic mass is 32.2. The van der Waals surface area contributed by atoms with E-state index in [1.165, 1.54) is 18.4 Å². The predicted molar refractivity (Wildman–Crippen MR) is 73.4 cm³/mol. The Labute approximate surface area is 113 Å². The van der Waals surface area contributed by atoms with Gasteiger partial charge in [0, 0.05) is 20.3 Å². The lowest BCUT2D eigenvalue weighted by atomic mass is 10.2. The van der Waals surface area contributed by atoms with Crippen molar-refractivity contribution in [2.75, 3.05) is 14.1 Å². The van der Waals surface area contributed by atoms with E-state index in [4.69, 9.17) is 0 Å². The summed E-state index contributed by atoms with van der Waals surface area (Å²) in [6.07, 6.45) is 3.70. The number of aryl methyl sites for hydroxylation is 1. The maximum absolute atomic E-state index is 12.0. The maximum atomic E-state index is 12.0. The van der Waals surface area contributed by atoms with Gasteiger partial charge >= 0.3 is 0 Å². The Hall–Kier alpha value is -1.66. The SMILES string of the molecule is Cc1cnn(Cc2cccc(S(=O)(=O)N(C)C)c2)c1. The zero-order valence-electron chi connectivity index (χ0n) is 11.2. The summed E-state index contributed by atoms with van der Waals surface area (Å²) in [5.41, 5.74) is 1.99. The molecule has 0 saturated heterocycles. The molecule has 0 spiro atoms. The smallest absolute Gasteiger partial charge is 0.242 e. The predicted octanol–water partition coefficient (Wildman–Crippen LogP) is 1.49. The molecule has 1 aromatic heterocycles. The van der Waals surface area contributed by atoms with E-state index >= 15 is 0 Å². The number of rotatable bonds is 4. The van der Waals surface area contributed by atoms with Gasteiger partial charge in [0.1, 0.15) is 0 Å². The first-order chi connectivity index (χ1) is 8.89. The molecule has 0 atom stereocenters. The van der Waals surface area contributed by atoms with Crippen LogP contribution in [0.2, 0.25) is 0 Å². The summed E-state index contributed by atoms with van der Waals surface area (Å²) < 4.78 is 27.1. The lowest BCUT2D eigenvalue weighted by Crippen LogP contribution is -2.22. The highest BCUT2D eigenvalue weighted by Crippen LogP contribution is 2.15. The molecule has 1 heterocycles. The average molecular weight is 279 g/mol. The van der Waals surface area contributed by atoms with Gasteiger partial charge in [-0.2, -0.15) is 5.10 Å². The van der Waals surface area contributed by atoms with Crippen molar-refractivity contribution < 1.29 is 8.42 Å². The Morgan fingerprint density at radius 1 is 1.32 bits per heavy atom. The minimum Gasteiger partial charge on any atom is -0.268 e. The molecule has 0 saturated carbocycles. The van der Waals surface area contributed by atoms with Crippen molar-refractivity contribution in [1.29, 1.82) is 0 Å². The molecule has 0 aliphatic heterocycles. The molecular weight excluding hydrogens is 262 g/mol. The van der Waals surface area contributed by atoms with Crippen molar-refractivity contribution in [2.24, 2.45) is 0 Å². The Balaban J connectivity index is 2.30. The molecule has 2 rings (SSSR count). The number of nitrogens with zero attached hydrogens (tertiary/aromatic N) is 3. The van der Waals surface area contributed by atoms with Crippen LogP contribution < -0.4 is 0 Å². The molecule has 0 unspecified atom stereocenters. The van der Waals surface area contributed by atoms with Gasteiger partial charge in [-0.3, -0.25) is 4.68 Å². The minimum absolute atomic E-state index is 0.305. The number of sulfonamides is 1. The number of aromatic nitrogens is 2. The fourth-order valence-corrected chi connectivity index (χ4v) is 2.73. The summed E-state index contributed by atoms with van der Waals surface area (Å²) >= 11 is 0. The van der Waals surface area contributed by atoms with Gasteiger partial charge in [0.15, 0.2) is 0 Å². The normalized spacial score (nSPS) is 12.0. The van der Waals surface area contributed by atoms with E-state index in [-0.39, 0.29) is 0 Å². The van der Waals surface area contributed by atoms with Crippen LogP contribution in [0.25, 0.3) is 0 Å². The van der Waals surface area contributed by atoms with Crippen LogP contribution in [0.5, 0.6) is 0 Å². The first-order valence-electron chi connectivity index (χ1n) is 5.90. The minimum atomic E-state index is -3.38. The number of hydrogen-bond acceptors (Lipinski definition) is 3. The van der Waals surface area contributed by atoms with Gasteiger partial charge in [-0.15, -0.1) is 0 Å². The van der Waals surface area contributed by atoms with Crippen LogP contribution in [0.15, 0.2) is 41.6 Å². The molecule has 102 valence electrons. The molecule has 0 aliphatic carbocycles. The van der Waals surface area contributed by atoms with Crippen LogP contribution in [0.4, 0.5) is 0 Å². The Morgan fingerprint density at radius 2 is 2.05 bits per heavy atom. The third kappa shape index (κ3) is 3.02. The number of hydrogen-bond donors (Lipinski definition) is 0. The zero-order chi connectivity index (χ0) is 14.0. The summed E-state index contributed by atoms with van der Waals surface area (Å²) in [6.45, 7) is 2.53. The first kappa shape index (κ1) is 13.8. The van der Waals surface area contributed by atoms with Crippen molar-refractivity contribution in [3.63, 3.8) is 0 Å². The summed E-state index contributed by atoms with van der Waals surface area (Å²) in [5, 5.41) is 4.19. The van der Waals surface area contributed by atoms with Crippen molar-refractivity contribution in [2.45, 2.75) is 18.4 Å². The fourth-order valence-electron chi connectivity index (χ4n) is 1.76. The molecule has 0 N–H and O–H groups in total. The summed E-state index contributed by atoms with van der Waals surface area (Å²) in [4.78, 5) is 0.305. The Kier molecular flexibility index (Phi) is 3.73. The second-order valence-corrected chi connectivity index (χ2v) is 6.80. The van der Waals surface area contributed by atoms with Crippen LogP contribution >= 0.6 is 0 Å². The lowest BCUT2D eigenvalue weighted by Gasteiger charge is -2.12. The van der Waals surface area contributed by atoms with Crippen LogP contribution in [0.3, 0.4) is 0 Å². The summed E-state index contributed by atoms with van der Waals surface area (Å²) in [5.74, 6) is 0. The van der Waals surface area contributed by atoms with E-state index in [0.717, 1.165) is 11.1 Å². The van der Waals surface area contributed by atoms with Crippen LogP contribution in [-0.2, 0) is 16.6 Å². The topological polar surface area (TPSA) is 55.2 Å². The standard InChI is InChI=1S/C13H17N3O2S/c1-11-8-14-16(9-11)10-12-5-4-6-13(7-12)19(17,18)15(2)3/h4-9H,10H2,1-3H3. The molecule has 6 heteroatoms. The monoisotopic (exact) mass is 279 g/mol. The van der Waals surface area contributed by atoms with Crippen molar-refractivity contribution in [3.8, 4) is 0 Å². The van der Waals surface area contributed by atoms with Gasteiger partial charge in [0.2, 0.25) is 10.0 Å². The molecule has 19 heavy (non-hydrogen) atoms. The highest BCUT2D eigenvalue weighted by Gasteiger charge is 2.17. The van der Waals surface area contributed by atoms with Crippen LogP contribution in [0.1, 0.15) is 11.1 Å². The maximum Gasteiger partial charge on any atom is 0.242 e. The van der Waals surface area contributed by atoms with E-state index < -0.39 is 10.0 Å². The van der Waals surface area contributed by atoms with Gasteiger partial charge in [0.25, 0.3) is 0 Å². The van der Waals surface area contributed by atoms with Crippen LogP contribution in [-0.4, -0.2) is 36.6 Å². The fraction of sp³-hybridized carbons (Fsp3) is 0.308. The van der Waals surface area contributed by atoms with E-state index in [0.29, 0.717) is 11.4 Å². The molecule has 0 fully saturated rings.